The number of para-hydroxylation sites is 1. The molecule has 0 saturated carbocycles. The van der Waals surface area contributed by atoms with E-state index in [1.54, 1.807) is 12.1 Å². The van der Waals surface area contributed by atoms with E-state index < -0.39 is 0 Å². The Labute approximate surface area is 141 Å². The van der Waals surface area contributed by atoms with E-state index in [4.69, 9.17) is 28.2 Å². The van der Waals surface area contributed by atoms with Gasteiger partial charge in [0.05, 0.1) is 16.7 Å². The summed E-state index contributed by atoms with van der Waals surface area (Å²) < 4.78 is 1.53. The highest BCUT2D eigenvalue weighted by molar-refractivity contribution is 6.33. The largest absolute Gasteiger partial charge is 0.249 e. The third-order valence-corrected chi connectivity index (χ3v) is 4.13. The van der Waals surface area contributed by atoms with Gasteiger partial charge in [-0.25, -0.2) is 19.5 Å². The van der Waals surface area contributed by atoms with E-state index in [0.717, 1.165) is 22.3 Å². The van der Waals surface area contributed by atoms with Crippen LogP contribution in [-0.2, 0) is 0 Å². The number of hydrogen-bond acceptors (Lipinski definition) is 4. The Bertz CT molecular complexity index is 1070. The maximum Gasteiger partial charge on any atom is 0.159 e. The minimum atomic E-state index is 0.325. The zero-order valence-electron chi connectivity index (χ0n) is 12.4. The van der Waals surface area contributed by atoms with E-state index in [0.29, 0.717) is 27.3 Å². The molecule has 23 heavy (non-hydrogen) atoms. The molecule has 5 nitrogen and oxygen atoms in total. The van der Waals surface area contributed by atoms with Gasteiger partial charge < -0.3 is 0 Å². The van der Waals surface area contributed by atoms with Gasteiger partial charge in [0.25, 0.3) is 0 Å². The number of nitrogens with zero attached hydrogens (tertiary/aromatic N) is 5. The summed E-state index contributed by atoms with van der Waals surface area (Å²) in [5.74, 6) is 0. The fraction of sp³-hybridized carbons (Fsp3) is 0.125. The van der Waals surface area contributed by atoms with Crippen molar-refractivity contribution in [3.63, 3.8) is 0 Å². The van der Waals surface area contributed by atoms with Crippen LogP contribution in [0.25, 0.3) is 28.1 Å². The van der Waals surface area contributed by atoms with E-state index in [-0.39, 0.29) is 0 Å². The van der Waals surface area contributed by atoms with E-state index >= 15 is 0 Å². The predicted molar refractivity (Wildman–Crippen MR) is 91.0 cm³/mol. The highest BCUT2D eigenvalue weighted by Gasteiger charge is 2.14. The van der Waals surface area contributed by atoms with Crippen LogP contribution in [0, 0.1) is 13.8 Å². The molecule has 0 bridgehead atoms. The second-order valence-electron chi connectivity index (χ2n) is 5.30. The van der Waals surface area contributed by atoms with Crippen LogP contribution in [0.1, 0.15) is 11.3 Å². The molecular formula is C16H11Cl2N5. The summed E-state index contributed by atoms with van der Waals surface area (Å²) in [4.78, 5) is 13.6. The quantitative estimate of drug-likeness (QED) is 0.484. The van der Waals surface area contributed by atoms with Gasteiger partial charge in [-0.3, -0.25) is 0 Å². The molecule has 0 fully saturated rings. The van der Waals surface area contributed by atoms with Gasteiger partial charge in [0.1, 0.15) is 21.7 Å². The van der Waals surface area contributed by atoms with Crippen molar-refractivity contribution in [2.24, 2.45) is 0 Å². The Morgan fingerprint density at radius 1 is 1.00 bits per heavy atom. The minimum absolute atomic E-state index is 0.325. The molecule has 1 aromatic carbocycles. The molecule has 0 aliphatic rings. The van der Waals surface area contributed by atoms with Crippen LogP contribution in [0.3, 0.4) is 0 Å². The molecule has 0 N–H and O–H groups in total. The van der Waals surface area contributed by atoms with Crippen LogP contribution in [0.2, 0.25) is 10.3 Å². The molecule has 0 amide bonds. The zero-order chi connectivity index (χ0) is 16.1. The van der Waals surface area contributed by atoms with Crippen molar-refractivity contribution in [1.82, 2.24) is 24.6 Å². The lowest BCUT2D eigenvalue weighted by molar-refractivity contribution is 0.939. The Morgan fingerprint density at radius 2 is 1.83 bits per heavy atom. The Balaban J connectivity index is 2.00. The SMILES string of the molecule is Cc1nc2cccc(C)c2nc1-c1cc2nc(Cl)cc(Cl)n2n1. The maximum atomic E-state index is 6.16. The van der Waals surface area contributed by atoms with Crippen molar-refractivity contribution in [2.45, 2.75) is 13.8 Å². The molecule has 0 aliphatic carbocycles. The van der Waals surface area contributed by atoms with E-state index in [1.807, 2.05) is 32.0 Å². The summed E-state index contributed by atoms with van der Waals surface area (Å²) in [5.41, 5.74) is 5.55. The van der Waals surface area contributed by atoms with Crippen LogP contribution in [0.4, 0.5) is 0 Å². The lowest BCUT2D eigenvalue weighted by Gasteiger charge is -2.06. The minimum Gasteiger partial charge on any atom is -0.249 e. The van der Waals surface area contributed by atoms with Crippen LogP contribution >= 0.6 is 23.2 Å². The van der Waals surface area contributed by atoms with Crippen molar-refractivity contribution in [3.8, 4) is 11.4 Å². The normalized spacial score (nSPS) is 11.5. The van der Waals surface area contributed by atoms with Crippen LogP contribution in [-0.4, -0.2) is 24.6 Å². The van der Waals surface area contributed by atoms with E-state index in [9.17, 15) is 0 Å². The van der Waals surface area contributed by atoms with Crippen molar-refractivity contribution >= 4 is 39.9 Å². The number of aromatic nitrogens is 5. The zero-order valence-corrected chi connectivity index (χ0v) is 13.9. The number of benzene rings is 1. The fourth-order valence-corrected chi connectivity index (χ4v) is 3.05. The van der Waals surface area contributed by atoms with Gasteiger partial charge in [-0.05, 0) is 25.5 Å². The smallest absolute Gasteiger partial charge is 0.159 e. The summed E-state index contributed by atoms with van der Waals surface area (Å²) in [7, 11) is 0. The first-order valence-electron chi connectivity index (χ1n) is 6.99. The molecular weight excluding hydrogens is 333 g/mol. The molecule has 4 rings (SSSR count). The number of rotatable bonds is 1. The van der Waals surface area contributed by atoms with Crippen molar-refractivity contribution < 1.29 is 0 Å². The first-order chi connectivity index (χ1) is 11.0. The third kappa shape index (κ3) is 2.33. The van der Waals surface area contributed by atoms with Gasteiger partial charge in [0.2, 0.25) is 0 Å². The number of fused-ring (bicyclic) bond motifs is 2. The molecule has 0 radical (unpaired) electrons. The second kappa shape index (κ2) is 5.15. The molecule has 4 aromatic rings. The van der Waals surface area contributed by atoms with Crippen molar-refractivity contribution in [1.29, 1.82) is 0 Å². The average Bonchev–Trinajstić information content (AvgIpc) is 2.91. The molecule has 7 heteroatoms. The number of halogens is 2. The maximum absolute atomic E-state index is 6.16. The summed E-state index contributed by atoms with van der Waals surface area (Å²) in [6.45, 7) is 3.92. The summed E-state index contributed by atoms with van der Waals surface area (Å²) in [5, 5.41) is 5.20. The second-order valence-corrected chi connectivity index (χ2v) is 6.08. The Morgan fingerprint density at radius 3 is 2.65 bits per heavy atom. The van der Waals surface area contributed by atoms with Crippen LogP contribution < -0.4 is 0 Å². The summed E-state index contributed by atoms with van der Waals surface area (Å²) >= 11 is 12.1. The van der Waals surface area contributed by atoms with Crippen LogP contribution in [0.15, 0.2) is 30.3 Å². The standard InChI is InChI=1S/C16H11Cl2N5/c1-8-4-3-5-10-15(8)21-16(9(2)19-10)11-6-14-20-12(17)7-13(18)23(14)22-11/h3-7H,1-2H3. The van der Waals surface area contributed by atoms with E-state index in [2.05, 4.69) is 15.1 Å². The number of aryl methyl sites for hydroxylation is 2. The van der Waals surface area contributed by atoms with E-state index in [1.165, 1.54) is 4.52 Å². The molecule has 3 heterocycles. The third-order valence-electron chi connectivity index (χ3n) is 3.67. The van der Waals surface area contributed by atoms with Gasteiger partial charge in [-0.2, -0.15) is 5.10 Å². The highest BCUT2D eigenvalue weighted by atomic mass is 35.5. The lowest BCUT2D eigenvalue weighted by Crippen LogP contribution is -1.97. The van der Waals surface area contributed by atoms with Gasteiger partial charge in [0.15, 0.2) is 5.65 Å². The predicted octanol–water partition coefficient (Wildman–Crippen LogP) is 4.26. The first kappa shape index (κ1) is 14.4. The Hall–Kier alpha value is -2.24. The first-order valence-corrected chi connectivity index (χ1v) is 7.75. The fourth-order valence-electron chi connectivity index (χ4n) is 2.57. The molecule has 0 atom stereocenters. The summed E-state index contributed by atoms with van der Waals surface area (Å²) in [6, 6.07) is 9.29. The average molecular weight is 344 g/mol. The van der Waals surface area contributed by atoms with Crippen molar-refractivity contribution in [3.05, 3.63) is 51.9 Å². The molecule has 0 spiro atoms. The lowest BCUT2D eigenvalue weighted by atomic mass is 10.1. The van der Waals surface area contributed by atoms with Crippen molar-refractivity contribution in [2.75, 3.05) is 0 Å². The molecule has 0 aliphatic heterocycles. The van der Waals surface area contributed by atoms with Gasteiger partial charge >= 0.3 is 0 Å². The Kier molecular flexibility index (Phi) is 3.21. The topological polar surface area (TPSA) is 56.0 Å². The summed E-state index contributed by atoms with van der Waals surface area (Å²) in [6.07, 6.45) is 0. The molecule has 3 aromatic heterocycles. The molecule has 0 saturated heterocycles. The van der Waals surface area contributed by atoms with Gasteiger partial charge in [-0.15, -0.1) is 0 Å². The van der Waals surface area contributed by atoms with Crippen LogP contribution in [0.5, 0.6) is 0 Å². The molecule has 0 unspecified atom stereocenters. The monoisotopic (exact) mass is 343 g/mol. The highest BCUT2D eigenvalue weighted by Crippen LogP contribution is 2.26. The van der Waals surface area contributed by atoms with Gasteiger partial charge in [0, 0.05) is 12.1 Å². The molecule has 114 valence electrons. The number of hydrogen-bond donors (Lipinski definition) is 0. The van der Waals surface area contributed by atoms with Gasteiger partial charge in [-0.1, -0.05) is 35.3 Å².